The first kappa shape index (κ1) is 10.0. The second-order valence-corrected chi connectivity index (χ2v) is 3.27. The van der Waals surface area contributed by atoms with E-state index in [0.29, 0.717) is 15.8 Å². The summed E-state index contributed by atoms with van der Waals surface area (Å²) in [6, 6.07) is 4.80. The number of hydrogen-bond donors (Lipinski definition) is 0. The number of benzene rings is 1. The summed E-state index contributed by atoms with van der Waals surface area (Å²) in [6.07, 6.45) is 0.210. The van der Waals surface area contributed by atoms with Gasteiger partial charge < -0.3 is 4.74 Å². The highest BCUT2D eigenvalue weighted by Crippen LogP contribution is 2.26. The van der Waals surface area contributed by atoms with Crippen LogP contribution in [0.25, 0.3) is 0 Å². The predicted octanol–water partition coefficient (Wildman–Crippen LogP) is 2.66. The second-order valence-electron chi connectivity index (χ2n) is 2.41. The van der Waals surface area contributed by atoms with Crippen LogP contribution in [0.5, 0.6) is 5.75 Å². The fourth-order valence-electron chi connectivity index (χ4n) is 0.983. The largest absolute Gasteiger partial charge is 0.496 e. The number of methoxy groups -OCH3 is 1. The molecular formula is C9H7BrFNO. The van der Waals surface area contributed by atoms with Gasteiger partial charge in [0.1, 0.15) is 11.6 Å². The van der Waals surface area contributed by atoms with Gasteiger partial charge in [-0.1, -0.05) is 0 Å². The topological polar surface area (TPSA) is 33.0 Å². The smallest absolute Gasteiger partial charge is 0.141 e. The maximum atomic E-state index is 13.0. The van der Waals surface area contributed by atoms with Crippen molar-refractivity contribution in [2.45, 2.75) is 6.42 Å². The van der Waals surface area contributed by atoms with Gasteiger partial charge in [-0.15, -0.1) is 0 Å². The van der Waals surface area contributed by atoms with Gasteiger partial charge in [0.15, 0.2) is 0 Å². The van der Waals surface area contributed by atoms with E-state index in [0.717, 1.165) is 0 Å². The first-order chi connectivity index (χ1) is 6.19. The molecule has 1 aromatic carbocycles. The molecule has 68 valence electrons. The van der Waals surface area contributed by atoms with Crippen LogP contribution in [0.4, 0.5) is 4.39 Å². The van der Waals surface area contributed by atoms with E-state index in [2.05, 4.69) is 15.9 Å². The van der Waals surface area contributed by atoms with Gasteiger partial charge in [-0.2, -0.15) is 5.26 Å². The van der Waals surface area contributed by atoms with Crippen LogP contribution in [0.3, 0.4) is 0 Å². The van der Waals surface area contributed by atoms with Gasteiger partial charge >= 0.3 is 0 Å². The molecule has 0 saturated carbocycles. The molecule has 0 fully saturated rings. The first-order valence-electron chi connectivity index (χ1n) is 3.58. The van der Waals surface area contributed by atoms with Gasteiger partial charge in [0.2, 0.25) is 0 Å². The molecule has 1 rings (SSSR count). The van der Waals surface area contributed by atoms with Crippen LogP contribution in [0, 0.1) is 17.1 Å². The third-order valence-corrected chi connectivity index (χ3v) is 2.20. The molecule has 0 atom stereocenters. The van der Waals surface area contributed by atoms with Crippen LogP contribution in [0.2, 0.25) is 0 Å². The predicted molar refractivity (Wildman–Crippen MR) is 50.0 cm³/mol. The number of halogens is 2. The Bertz CT molecular complexity index is 359. The van der Waals surface area contributed by atoms with Crippen LogP contribution in [-0.2, 0) is 6.42 Å². The summed E-state index contributed by atoms with van der Waals surface area (Å²) in [5, 5.41) is 8.49. The summed E-state index contributed by atoms with van der Waals surface area (Å²) in [6.45, 7) is 0. The molecule has 13 heavy (non-hydrogen) atoms. The summed E-state index contributed by atoms with van der Waals surface area (Å²) < 4.78 is 18.2. The van der Waals surface area contributed by atoms with Gasteiger partial charge in [-0.25, -0.2) is 4.39 Å². The summed E-state index contributed by atoms with van der Waals surface area (Å²) >= 11 is 3.04. The standard InChI is InChI=1S/C9H7BrFNO/c1-13-9-5-8(11)7(10)4-6(9)2-3-12/h4-5H,2H2,1H3. The quantitative estimate of drug-likeness (QED) is 0.801. The van der Waals surface area contributed by atoms with E-state index >= 15 is 0 Å². The summed E-state index contributed by atoms with van der Waals surface area (Å²) in [5.74, 6) is 0.0146. The highest BCUT2D eigenvalue weighted by molar-refractivity contribution is 9.10. The molecular weight excluding hydrogens is 237 g/mol. The molecule has 1 aromatic rings. The fourth-order valence-corrected chi connectivity index (χ4v) is 1.37. The molecule has 0 aliphatic rings. The minimum Gasteiger partial charge on any atom is -0.496 e. The molecule has 0 bridgehead atoms. The molecule has 4 heteroatoms. The van der Waals surface area contributed by atoms with Crippen LogP contribution in [0.15, 0.2) is 16.6 Å². The highest BCUT2D eigenvalue weighted by atomic mass is 79.9. The minimum atomic E-state index is -0.390. The third-order valence-electron chi connectivity index (χ3n) is 1.59. The fraction of sp³-hybridized carbons (Fsp3) is 0.222. The maximum Gasteiger partial charge on any atom is 0.141 e. The molecule has 0 N–H and O–H groups in total. The Hall–Kier alpha value is -1.08. The van der Waals surface area contributed by atoms with Crippen molar-refractivity contribution < 1.29 is 9.13 Å². The van der Waals surface area contributed by atoms with Crippen molar-refractivity contribution in [1.29, 1.82) is 5.26 Å². The van der Waals surface area contributed by atoms with E-state index < -0.39 is 5.82 Å². The van der Waals surface area contributed by atoms with Crippen LogP contribution >= 0.6 is 15.9 Å². The van der Waals surface area contributed by atoms with Gasteiger partial charge in [0, 0.05) is 11.6 Å². The van der Waals surface area contributed by atoms with Crippen molar-refractivity contribution in [3.8, 4) is 11.8 Å². The molecule has 0 heterocycles. The van der Waals surface area contributed by atoms with E-state index in [4.69, 9.17) is 10.00 Å². The zero-order valence-electron chi connectivity index (χ0n) is 6.97. The summed E-state index contributed by atoms with van der Waals surface area (Å²) in [7, 11) is 1.45. The lowest BCUT2D eigenvalue weighted by Crippen LogP contribution is -1.93. The molecule has 2 nitrogen and oxygen atoms in total. The summed E-state index contributed by atoms with van der Waals surface area (Å²) in [5.41, 5.74) is 0.679. The van der Waals surface area contributed by atoms with Gasteiger partial charge in [-0.05, 0) is 22.0 Å². The SMILES string of the molecule is COc1cc(F)c(Br)cc1CC#N. The first-order valence-corrected chi connectivity index (χ1v) is 4.37. The lowest BCUT2D eigenvalue weighted by molar-refractivity contribution is 0.407. The van der Waals surface area contributed by atoms with Crippen LogP contribution < -0.4 is 4.74 Å². The molecule has 0 saturated heterocycles. The normalized spacial score (nSPS) is 9.38. The maximum absolute atomic E-state index is 13.0. The minimum absolute atomic E-state index is 0.210. The number of ether oxygens (including phenoxy) is 1. The van der Waals surface area contributed by atoms with Gasteiger partial charge in [0.05, 0.1) is 24.1 Å². The lowest BCUT2D eigenvalue weighted by Gasteiger charge is -2.06. The van der Waals surface area contributed by atoms with E-state index in [1.54, 1.807) is 6.07 Å². The van der Waals surface area contributed by atoms with E-state index in [9.17, 15) is 4.39 Å². The third kappa shape index (κ3) is 2.19. The molecule has 0 aliphatic carbocycles. The van der Waals surface area contributed by atoms with Crippen LogP contribution in [0.1, 0.15) is 5.56 Å². The van der Waals surface area contributed by atoms with Crippen LogP contribution in [-0.4, -0.2) is 7.11 Å². The van der Waals surface area contributed by atoms with Crippen molar-refractivity contribution in [2.75, 3.05) is 7.11 Å². The van der Waals surface area contributed by atoms with E-state index in [1.807, 2.05) is 6.07 Å². The monoisotopic (exact) mass is 243 g/mol. The average Bonchev–Trinajstić information content (AvgIpc) is 2.11. The molecule has 0 unspecified atom stereocenters. The highest BCUT2D eigenvalue weighted by Gasteiger charge is 2.07. The second kappa shape index (κ2) is 4.24. The average molecular weight is 244 g/mol. The van der Waals surface area contributed by atoms with Crippen molar-refractivity contribution in [1.82, 2.24) is 0 Å². The Kier molecular flexibility index (Phi) is 3.26. The van der Waals surface area contributed by atoms with E-state index in [1.165, 1.54) is 13.2 Å². The molecule has 0 amide bonds. The Balaban J connectivity index is 3.18. The number of nitrogens with zero attached hydrogens (tertiary/aromatic N) is 1. The Morgan fingerprint density at radius 3 is 2.85 bits per heavy atom. The van der Waals surface area contributed by atoms with Crippen molar-refractivity contribution in [2.24, 2.45) is 0 Å². The van der Waals surface area contributed by atoms with E-state index in [-0.39, 0.29) is 6.42 Å². The molecule has 0 radical (unpaired) electrons. The molecule has 0 spiro atoms. The molecule has 0 aromatic heterocycles. The van der Waals surface area contributed by atoms with Crippen molar-refractivity contribution >= 4 is 15.9 Å². The summed E-state index contributed by atoms with van der Waals surface area (Å²) in [4.78, 5) is 0. The van der Waals surface area contributed by atoms with Gasteiger partial charge in [0.25, 0.3) is 0 Å². The Labute approximate surface area is 84.1 Å². The number of rotatable bonds is 2. The van der Waals surface area contributed by atoms with Crippen molar-refractivity contribution in [3.05, 3.63) is 28.0 Å². The zero-order valence-corrected chi connectivity index (χ0v) is 8.56. The van der Waals surface area contributed by atoms with Gasteiger partial charge in [-0.3, -0.25) is 0 Å². The number of hydrogen-bond acceptors (Lipinski definition) is 2. The lowest BCUT2D eigenvalue weighted by atomic mass is 10.1. The molecule has 0 aliphatic heterocycles. The Morgan fingerprint density at radius 2 is 2.31 bits per heavy atom. The number of nitriles is 1. The zero-order chi connectivity index (χ0) is 9.84. The Morgan fingerprint density at radius 1 is 1.62 bits per heavy atom. The van der Waals surface area contributed by atoms with Crippen molar-refractivity contribution in [3.63, 3.8) is 0 Å².